The molecule has 1 heterocycles. The van der Waals surface area contributed by atoms with Crippen LogP contribution in [0.15, 0.2) is 32.9 Å². The van der Waals surface area contributed by atoms with E-state index in [0.717, 1.165) is 25.9 Å². The topological polar surface area (TPSA) is 65.8 Å². The molecule has 0 aromatic carbocycles. The van der Waals surface area contributed by atoms with Crippen molar-refractivity contribution in [3.63, 3.8) is 0 Å². The third-order valence-electron chi connectivity index (χ3n) is 3.56. The molecule has 1 rings (SSSR count). The van der Waals surface area contributed by atoms with Crippen molar-refractivity contribution in [2.45, 2.75) is 33.6 Å². The van der Waals surface area contributed by atoms with Crippen LogP contribution in [0.4, 0.5) is 0 Å². The van der Waals surface area contributed by atoms with E-state index in [4.69, 9.17) is 0 Å². The monoisotopic (exact) mass is 322 g/mol. The number of hydrogen-bond donors (Lipinski definition) is 3. The van der Waals surface area contributed by atoms with Gasteiger partial charge in [0.2, 0.25) is 0 Å². The highest BCUT2D eigenvalue weighted by atomic mass is 32.1. The molecule has 0 spiro atoms. The molecule has 6 heteroatoms. The number of amides is 1. The molecule has 0 saturated carbocycles. The molecule has 1 saturated heterocycles. The molecule has 5 nitrogen and oxygen atoms in total. The summed E-state index contributed by atoms with van der Waals surface area (Å²) in [5.41, 5.74) is 1.62. The normalized spacial score (nSPS) is 18.3. The summed E-state index contributed by atoms with van der Waals surface area (Å²) in [4.78, 5) is 21.2. The maximum absolute atomic E-state index is 12.2. The number of hydrogen-bond acceptors (Lipinski definition) is 5. The summed E-state index contributed by atoms with van der Waals surface area (Å²) >= 11 is 4.23. The van der Waals surface area contributed by atoms with Gasteiger partial charge in [0, 0.05) is 17.7 Å². The average Bonchev–Trinajstić information content (AvgIpc) is 2.50. The fourth-order valence-corrected chi connectivity index (χ4v) is 2.49. The van der Waals surface area contributed by atoms with Gasteiger partial charge in [0.1, 0.15) is 5.71 Å². The molecule has 122 valence electrons. The van der Waals surface area contributed by atoms with Crippen LogP contribution in [0, 0.1) is 5.92 Å². The van der Waals surface area contributed by atoms with Crippen LogP contribution in [0.3, 0.4) is 0 Å². The van der Waals surface area contributed by atoms with E-state index in [1.807, 2.05) is 13.8 Å². The van der Waals surface area contributed by atoms with Crippen LogP contribution < -0.4 is 10.6 Å². The molecular formula is C16H26N4OS. The number of rotatable bonds is 6. The van der Waals surface area contributed by atoms with Gasteiger partial charge in [-0.1, -0.05) is 6.58 Å². The number of carbonyl (C=O) groups is 1. The first-order valence-electron chi connectivity index (χ1n) is 7.57. The van der Waals surface area contributed by atoms with Gasteiger partial charge in [-0.25, -0.2) is 4.99 Å². The van der Waals surface area contributed by atoms with Gasteiger partial charge in [0.25, 0.3) is 5.91 Å². The Bertz CT molecular complexity index is 502. The Morgan fingerprint density at radius 1 is 1.41 bits per heavy atom. The molecule has 1 aliphatic heterocycles. The largest absolute Gasteiger partial charge is 0.351 e. The highest BCUT2D eigenvalue weighted by Crippen LogP contribution is 2.19. The van der Waals surface area contributed by atoms with Crippen LogP contribution in [-0.2, 0) is 4.79 Å². The third kappa shape index (κ3) is 6.15. The van der Waals surface area contributed by atoms with E-state index in [2.05, 4.69) is 39.8 Å². The van der Waals surface area contributed by atoms with E-state index in [-0.39, 0.29) is 5.91 Å². The Kier molecular flexibility index (Phi) is 8.12. The summed E-state index contributed by atoms with van der Waals surface area (Å²) in [6.07, 6.45) is 3.87. The summed E-state index contributed by atoms with van der Waals surface area (Å²) in [7, 11) is 0. The first-order valence-corrected chi connectivity index (χ1v) is 8.02. The van der Waals surface area contributed by atoms with Gasteiger partial charge in [-0.15, -0.1) is 12.6 Å². The van der Waals surface area contributed by atoms with Gasteiger partial charge < -0.3 is 10.6 Å². The van der Waals surface area contributed by atoms with Crippen molar-refractivity contribution in [1.29, 1.82) is 0 Å². The van der Waals surface area contributed by atoms with Crippen molar-refractivity contribution < 1.29 is 4.79 Å². The molecule has 1 amide bonds. The average molecular weight is 322 g/mol. The molecule has 1 fully saturated rings. The number of allylic oxidation sites excluding steroid dienone is 1. The zero-order valence-electron chi connectivity index (χ0n) is 13.6. The molecule has 0 atom stereocenters. The summed E-state index contributed by atoms with van der Waals surface area (Å²) in [5, 5.41) is 6.27. The minimum absolute atomic E-state index is 0.154. The molecule has 0 unspecified atom stereocenters. The molecule has 0 radical (unpaired) electrons. The lowest BCUT2D eigenvalue weighted by Crippen LogP contribution is -2.38. The first-order chi connectivity index (χ1) is 10.5. The van der Waals surface area contributed by atoms with Gasteiger partial charge >= 0.3 is 0 Å². The predicted molar refractivity (Wildman–Crippen MR) is 96.7 cm³/mol. The SMILES string of the molecule is C=C(S)/C(N=C(C)C(=O)NCC1CCNCC1)=C(/C)N=CC. The minimum Gasteiger partial charge on any atom is -0.351 e. The van der Waals surface area contributed by atoms with Crippen molar-refractivity contribution in [1.82, 2.24) is 10.6 Å². The van der Waals surface area contributed by atoms with Crippen LogP contribution in [0.5, 0.6) is 0 Å². The summed E-state index contributed by atoms with van der Waals surface area (Å²) in [6.45, 7) is 11.9. The number of carbonyl (C=O) groups excluding carboxylic acids is 1. The van der Waals surface area contributed by atoms with E-state index in [1.54, 1.807) is 13.1 Å². The van der Waals surface area contributed by atoms with Crippen molar-refractivity contribution in [2.75, 3.05) is 19.6 Å². The summed E-state index contributed by atoms with van der Waals surface area (Å²) in [5.74, 6) is 0.387. The lowest BCUT2D eigenvalue weighted by Gasteiger charge is -2.22. The van der Waals surface area contributed by atoms with Gasteiger partial charge in [-0.05, 0) is 52.6 Å². The Balaban J connectivity index is 2.70. The van der Waals surface area contributed by atoms with Crippen molar-refractivity contribution >= 4 is 30.5 Å². The van der Waals surface area contributed by atoms with Crippen LogP contribution >= 0.6 is 12.6 Å². The molecule has 2 N–H and O–H groups in total. The Morgan fingerprint density at radius 2 is 2.05 bits per heavy atom. The minimum atomic E-state index is -0.154. The summed E-state index contributed by atoms with van der Waals surface area (Å²) in [6, 6.07) is 0. The summed E-state index contributed by atoms with van der Waals surface area (Å²) < 4.78 is 0. The molecule has 0 aromatic rings. The molecule has 0 aliphatic carbocycles. The van der Waals surface area contributed by atoms with Crippen LogP contribution in [0.2, 0.25) is 0 Å². The maximum atomic E-state index is 12.2. The first kappa shape index (κ1) is 18.6. The maximum Gasteiger partial charge on any atom is 0.265 e. The second kappa shape index (κ2) is 9.58. The van der Waals surface area contributed by atoms with Gasteiger partial charge in [0.05, 0.1) is 11.4 Å². The zero-order chi connectivity index (χ0) is 16.5. The van der Waals surface area contributed by atoms with Crippen LogP contribution in [0.25, 0.3) is 0 Å². The number of piperidine rings is 1. The molecule has 0 bridgehead atoms. The fraction of sp³-hybridized carbons (Fsp3) is 0.562. The lowest BCUT2D eigenvalue weighted by molar-refractivity contribution is -0.115. The molecule has 22 heavy (non-hydrogen) atoms. The van der Waals surface area contributed by atoms with E-state index < -0.39 is 0 Å². The van der Waals surface area contributed by atoms with Crippen molar-refractivity contribution in [2.24, 2.45) is 15.9 Å². The molecular weight excluding hydrogens is 296 g/mol. The highest BCUT2D eigenvalue weighted by Gasteiger charge is 2.15. The fourth-order valence-electron chi connectivity index (χ4n) is 2.28. The Morgan fingerprint density at radius 3 is 2.59 bits per heavy atom. The number of aliphatic imine (C=N–C) groups is 2. The smallest absolute Gasteiger partial charge is 0.265 e. The lowest BCUT2D eigenvalue weighted by atomic mass is 9.98. The van der Waals surface area contributed by atoms with Gasteiger partial charge in [0.15, 0.2) is 0 Å². The predicted octanol–water partition coefficient (Wildman–Crippen LogP) is 2.33. The van der Waals surface area contributed by atoms with E-state index in [9.17, 15) is 4.79 Å². The van der Waals surface area contributed by atoms with Gasteiger partial charge in [-0.2, -0.15) is 0 Å². The van der Waals surface area contributed by atoms with E-state index in [1.165, 1.54) is 0 Å². The standard InChI is InChI=1S/C16H26N4OS/c1-5-18-11(2)15(13(4)22)20-12(3)16(21)19-10-14-6-8-17-9-7-14/h5,14,17,22H,4,6-10H2,1-3H3,(H,19,21)/b15-11+,18-5?,20-12?. The molecule has 1 aliphatic rings. The third-order valence-corrected chi connectivity index (χ3v) is 3.77. The second-order valence-corrected chi connectivity index (χ2v) is 5.91. The zero-order valence-corrected chi connectivity index (χ0v) is 14.5. The van der Waals surface area contributed by atoms with Crippen molar-refractivity contribution in [3.05, 3.63) is 22.9 Å². The van der Waals surface area contributed by atoms with Gasteiger partial charge in [-0.3, -0.25) is 9.79 Å². The number of nitrogens with one attached hydrogen (secondary N) is 2. The Labute approximate surface area is 138 Å². The van der Waals surface area contributed by atoms with E-state index >= 15 is 0 Å². The quantitative estimate of drug-likeness (QED) is 0.399. The van der Waals surface area contributed by atoms with Crippen molar-refractivity contribution in [3.8, 4) is 0 Å². The highest BCUT2D eigenvalue weighted by molar-refractivity contribution is 7.84. The van der Waals surface area contributed by atoms with Crippen LogP contribution in [-0.4, -0.2) is 37.5 Å². The van der Waals surface area contributed by atoms with Crippen LogP contribution in [0.1, 0.15) is 33.6 Å². The number of nitrogens with zero attached hydrogens (tertiary/aromatic N) is 2. The number of thiol groups is 1. The second-order valence-electron chi connectivity index (χ2n) is 5.37. The Hall–Kier alpha value is -1.40. The van der Waals surface area contributed by atoms with E-state index in [0.29, 0.717) is 34.5 Å². The molecule has 0 aromatic heterocycles.